The Kier molecular flexibility index (Phi) is 4.03. The molecule has 0 aliphatic carbocycles. The van der Waals surface area contributed by atoms with Gasteiger partial charge >= 0.3 is 5.97 Å². The molecule has 6 heteroatoms. The predicted molar refractivity (Wildman–Crippen MR) is 99.2 cm³/mol. The third-order valence-corrected chi connectivity index (χ3v) is 4.83. The van der Waals surface area contributed by atoms with Crippen molar-refractivity contribution < 1.29 is 18.7 Å². The lowest BCUT2D eigenvalue weighted by atomic mass is 9.87. The van der Waals surface area contributed by atoms with Gasteiger partial charge in [0.1, 0.15) is 5.82 Å². The number of aryl methyl sites for hydroxylation is 1. The summed E-state index contributed by atoms with van der Waals surface area (Å²) in [5.74, 6) is -1.77. The molecule has 0 radical (unpaired) electrons. The highest BCUT2D eigenvalue weighted by atomic mass is 19.1. The zero-order chi connectivity index (χ0) is 19.1. The van der Waals surface area contributed by atoms with Crippen LogP contribution in [0.2, 0.25) is 0 Å². The summed E-state index contributed by atoms with van der Waals surface area (Å²) in [7, 11) is 1.30. The van der Waals surface area contributed by atoms with Crippen molar-refractivity contribution in [2.75, 3.05) is 12.4 Å². The molecule has 4 rings (SSSR count). The number of H-pyrrole nitrogens is 1. The van der Waals surface area contributed by atoms with Gasteiger partial charge in [-0.15, -0.1) is 0 Å². The molecule has 2 aromatic carbocycles. The van der Waals surface area contributed by atoms with Gasteiger partial charge in [0.2, 0.25) is 5.91 Å². The fourth-order valence-electron chi connectivity index (χ4n) is 3.64. The average molecular weight is 364 g/mol. The number of methoxy groups -OCH3 is 1. The average Bonchev–Trinajstić information content (AvgIpc) is 3.17. The zero-order valence-corrected chi connectivity index (χ0v) is 14.8. The Morgan fingerprint density at radius 3 is 2.52 bits per heavy atom. The Balaban J connectivity index is 1.99. The molecule has 136 valence electrons. The Morgan fingerprint density at radius 2 is 1.81 bits per heavy atom. The van der Waals surface area contributed by atoms with Crippen molar-refractivity contribution in [2.45, 2.75) is 12.8 Å². The summed E-state index contributed by atoms with van der Waals surface area (Å²) in [6.45, 7) is 1.75. The molecule has 0 saturated heterocycles. The van der Waals surface area contributed by atoms with E-state index in [0.717, 1.165) is 5.56 Å². The molecule has 27 heavy (non-hydrogen) atoms. The molecular formula is C21H17FN2O3. The molecule has 1 unspecified atom stereocenters. The van der Waals surface area contributed by atoms with Crippen LogP contribution in [0, 0.1) is 12.7 Å². The van der Waals surface area contributed by atoms with Crippen LogP contribution in [0.25, 0.3) is 11.3 Å². The summed E-state index contributed by atoms with van der Waals surface area (Å²) >= 11 is 0. The summed E-state index contributed by atoms with van der Waals surface area (Å²) in [5.41, 5.74) is 4.24. The van der Waals surface area contributed by atoms with E-state index in [1.807, 2.05) is 24.3 Å². The minimum absolute atomic E-state index is 0.219. The van der Waals surface area contributed by atoms with Gasteiger partial charge in [0.05, 0.1) is 24.3 Å². The lowest BCUT2D eigenvalue weighted by molar-refractivity contribution is -0.116. The minimum Gasteiger partial charge on any atom is -0.465 e. The third-order valence-electron chi connectivity index (χ3n) is 4.83. The van der Waals surface area contributed by atoms with Crippen LogP contribution in [-0.4, -0.2) is 24.0 Å². The highest BCUT2D eigenvalue weighted by molar-refractivity contribution is 6.08. The first-order chi connectivity index (χ1) is 13.0. The van der Waals surface area contributed by atoms with Crippen LogP contribution in [-0.2, 0) is 9.53 Å². The molecule has 1 aliphatic heterocycles. The number of carbonyl (C=O) groups is 2. The maximum atomic E-state index is 13.4. The summed E-state index contributed by atoms with van der Waals surface area (Å²) in [5, 5.41) is 2.86. The van der Waals surface area contributed by atoms with Crippen molar-refractivity contribution >= 4 is 17.6 Å². The van der Waals surface area contributed by atoms with Crippen LogP contribution < -0.4 is 5.32 Å². The lowest BCUT2D eigenvalue weighted by Gasteiger charge is -2.13. The van der Waals surface area contributed by atoms with Gasteiger partial charge in [-0.05, 0) is 48.4 Å². The molecule has 1 aromatic heterocycles. The number of halogens is 1. The summed E-state index contributed by atoms with van der Waals surface area (Å²) in [4.78, 5) is 28.5. The molecule has 1 aliphatic rings. The molecule has 0 fully saturated rings. The van der Waals surface area contributed by atoms with Gasteiger partial charge in [0, 0.05) is 16.9 Å². The summed E-state index contributed by atoms with van der Waals surface area (Å²) < 4.78 is 18.3. The standard InChI is InChI=1S/C21H17FN2O3/c1-11-16(21(26)27-2)18(19(23-11)12-7-9-13(22)10-8-12)17-14-5-3-4-6-15(14)24-20(17)25/h3-10,17,23H,1-2H3,(H,24,25). The highest BCUT2D eigenvalue weighted by Crippen LogP contribution is 2.43. The second kappa shape index (κ2) is 6.39. The van der Waals surface area contributed by atoms with Crippen LogP contribution in [0.5, 0.6) is 0 Å². The smallest absolute Gasteiger partial charge is 0.340 e. The molecule has 0 spiro atoms. The van der Waals surface area contributed by atoms with Gasteiger partial charge in [-0.2, -0.15) is 0 Å². The van der Waals surface area contributed by atoms with Gasteiger partial charge in [-0.3, -0.25) is 4.79 Å². The van der Waals surface area contributed by atoms with Gasteiger partial charge < -0.3 is 15.0 Å². The second-order valence-corrected chi connectivity index (χ2v) is 6.42. The number of hydrogen-bond acceptors (Lipinski definition) is 3. The van der Waals surface area contributed by atoms with E-state index in [4.69, 9.17) is 4.74 Å². The Labute approximate surface area is 155 Å². The predicted octanol–water partition coefficient (Wildman–Crippen LogP) is 4.00. The Bertz CT molecular complexity index is 1050. The van der Waals surface area contributed by atoms with Crippen LogP contribution in [0.4, 0.5) is 10.1 Å². The lowest BCUT2D eigenvalue weighted by Crippen LogP contribution is -2.17. The molecule has 2 N–H and O–H groups in total. The number of fused-ring (bicyclic) bond motifs is 1. The largest absolute Gasteiger partial charge is 0.465 e. The van der Waals surface area contributed by atoms with E-state index in [1.54, 1.807) is 19.1 Å². The van der Waals surface area contributed by atoms with E-state index < -0.39 is 11.9 Å². The molecule has 3 aromatic rings. The van der Waals surface area contributed by atoms with Crippen LogP contribution in [0.1, 0.15) is 33.1 Å². The van der Waals surface area contributed by atoms with Crippen LogP contribution >= 0.6 is 0 Å². The van der Waals surface area contributed by atoms with Crippen LogP contribution in [0.15, 0.2) is 48.5 Å². The van der Waals surface area contributed by atoms with Crippen molar-refractivity contribution in [3.05, 3.63) is 76.7 Å². The number of carbonyl (C=O) groups excluding carboxylic acids is 2. The molecule has 5 nitrogen and oxygen atoms in total. The van der Waals surface area contributed by atoms with E-state index in [9.17, 15) is 14.0 Å². The van der Waals surface area contributed by atoms with Gasteiger partial charge in [0.15, 0.2) is 0 Å². The normalized spacial score (nSPS) is 15.4. The number of aromatic nitrogens is 1. The number of ether oxygens (including phenoxy) is 1. The van der Waals surface area contributed by atoms with E-state index in [1.165, 1.54) is 19.2 Å². The first-order valence-electron chi connectivity index (χ1n) is 8.47. The van der Waals surface area contributed by atoms with E-state index in [0.29, 0.717) is 33.8 Å². The number of nitrogens with one attached hydrogen (secondary N) is 2. The fraction of sp³-hybridized carbons (Fsp3) is 0.143. The minimum atomic E-state index is -0.666. The molecule has 1 atom stereocenters. The molecule has 2 heterocycles. The van der Waals surface area contributed by atoms with Crippen molar-refractivity contribution in [3.8, 4) is 11.3 Å². The van der Waals surface area contributed by atoms with E-state index in [2.05, 4.69) is 10.3 Å². The monoisotopic (exact) mass is 364 g/mol. The number of benzene rings is 2. The summed E-state index contributed by atoms with van der Waals surface area (Å²) in [6.07, 6.45) is 0. The van der Waals surface area contributed by atoms with Crippen molar-refractivity contribution in [1.82, 2.24) is 4.98 Å². The number of hydrogen-bond donors (Lipinski definition) is 2. The van der Waals surface area contributed by atoms with Crippen LogP contribution in [0.3, 0.4) is 0 Å². The number of para-hydroxylation sites is 1. The van der Waals surface area contributed by atoms with Gasteiger partial charge in [-0.25, -0.2) is 9.18 Å². The number of aromatic amines is 1. The molecular weight excluding hydrogens is 347 g/mol. The first-order valence-corrected chi connectivity index (χ1v) is 8.47. The highest BCUT2D eigenvalue weighted by Gasteiger charge is 2.38. The van der Waals surface area contributed by atoms with Crippen molar-refractivity contribution in [2.24, 2.45) is 0 Å². The Hall–Kier alpha value is -3.41. The quantitative estimate of drug-likeness (QED) is 0.690. The number of esters is 1. The molecule has 0 bridgehead atoms. The summed E-state index contributed by atoms with van der Waals surface area (Å²) in [6, 6.07) is 13.3. The maximum Gasteiger partial charge on any atom is 0.340 e. The fourth-order valence-corrected chi connectivity index (χ4v) is 3.64. The van der Waals surface area contributed by atoms with Crippen molar-refractivity contribution in [3.63, 3.8) is 0 Å². The Morgan fingerprint density at radius 1 is 1.11 bits per heavy atom. The van der Waals surface area contributed by atoms with E-state index >= 15 is 0 Å². The topological polar surface area (TPSA) is 71.2 Å². The molecule has 0 saturated carbocycles. The second-order valence-electron chi connectivity index (χ2n) is 6.42. The molecule has 1 amide bonds. The number of amides is 1. The van der Waals surface area contributed by atoms with E-state index in [-0.39, 0.29) is 11.7 Å². The SMILES string of the molecule is COC(=O)c1c(C)[nH]c(-c2ccc(F)cc2)c1C1C(=O)Nc2ccccc21. The maximum absolute atomic E-state index is 13.4. The number of rotatable bonds is 3. The van der Waals surface area contributed by atoms with Crippen molar-refractivity contribution in [1.29, 1.82) is 0 Å². The first kappa shape index (κ1) is 17.0. The number of anilines is 1. The third kappa shape index (κ3) is 2.70. The zero-order valence-electron chi connectivity index (χ0n) is 14.8. The van der Waals surface area contributed by atoms with Gasteiger partial charge in [0.25, 0.3) is 0 Å². The van der Waals surface area contributed by atoms with Gasteiger partial charge in [-0.1, -0.05) is 18.2 Å².